The van der Waals surface area contributed by atoms with E-state index in [1.54, 1.807) is 4.52 Å². The van der Waals surface area contributed by atoms with Gasteiger partial charge in [-0.1, -0.05) is 6.07 Å². The van der Waals surface area contributed by atoms with E-state index < -0.39 is 0 Å². The van der Waals surface area contributed by atoms with Crippen LogP contribution in [-0.4, -0.2) is 21.6 Å². The smallest absolute Gasteiger partial charge is 0.165 e. The van der Waals surface area contributed by atoms with E-state index in [0.29, 0.717) is 6.54 Å². The summed E-state index contributed by atoms with van der Waals surface area (Å²) in [5, 5.41) is 7.25. The Morgan fingerprint density at radius 3 is 3.17 bits per heavy atom. The number of nitrogens with one attached hydrogen (secondary N) is 1. The Hall–Kier alpha value is -1.42. The van der Waals surface area contributed by atoms with Gasteiger partial charge in [-0.25, -0.2) is 9.50 Å². The van der Waals surface area contributed by atoms with Gasteiger partial charge in [0, 0.05) is 6.20 Å². The molecule has 1 N–H and O–H groups in total. The quantitative estimate of drug-likeness (QED) is 0.697. The fourth-order valence-electron chi connectivity index (χ4n) is 1.11. The van der Waals surface area contributed by atoms with Crippen LogP contribution < -0.4 is 5.32 Å². The molecule has 0 radical (unpaired) electrons. The van der Waals surface area contributed by atoms with Gasteiger partial charge in [0.25, 0.3) is 0 Å². The van der Waals surface area contributed by atoms with Crippen molar-refractivity contribution in [3.63, 3.8) is 0 Å². The van der Waals surface area contributed by atoms with Crippen LogP contribution in [0.25, 0.3) is 5.65 Å². The summed E-state index contributed by atoms with van der Waals surface area (Å²) >= 11 is 0. The zero-order valence-electron chi connectivity index (χ0n) is 6.86. The minimum absolute atomic E-state index is 0.710. The lowest BCUT2D eigenvalue weighted by atomic mass is 10.5. The van der Waals surface area contributed by atoms with Crippen molar-refractivity contribution in [2.75, 3.05) is 7.05 Å². The maximum Gasteiger partial charge on any atom is 0.165 e. The number of rotatable bonds is 2. The first-order valence-electron chi connectivity index (χ1n) is 3.85. The second-order valence-corrected chi connectivity index (χ2v) is 2.56. The van der Waals surface area contributed by atoms with Gasteiger partial charge in [0.1, 0.15) is 0 Å². The maximum atomic E-state index is 4.29. The van der Waals surface area contributed by atoms with Crippen molar-refractivity contribution in [1.82, 2.24) is 19.9 Å². The first-order chi connectivity index (χ1) is 5.90. The third kappa shape index (κ3) is 1.16. The Balaban J connectivity index is 2.47. The van der Waals surface area contributed by atoms with Crippen LogP contribution in [0.3, 0.4) is 0 Å². The fourth-order valence-corrected chi connectivity index (χ4v) is 1.11. The highest BCUT2D eigenvalue weighted by Crippen LogP contribution is 1.99. The molecular formula is C8H10N4. The third-order valence-corrected chi connectivity index (χ3v) is 1.62. The van der Waals surface area contributed by atoms with Gasteiger partial charge >= 0.3 is 0 Å². The predicted molar refractivity (Wildman–Crippen MR) is 45.8 cm³/mol. The first-order valence-corrected chi connectivity index (χ1v) is 3.85. The van der Waals surface area contributed by atoms with Crippen LogP contribution in [0.15, 0.2) is 24.4 Å². The molecule has 0 spiro atoms. The fraction of sp³-hybridized carbons (Fsp3) is 0.250. The van der Waals surface area contributed by atoms with Crippen LogP contribution in [0, 0.1) is 0 Å². The Labute approximate surface area is 70.2 Å². The molecule has 0 aromatic carbocycles. The van der Waals surface area contributed by atoms with Gasteiger partial charge < -0.3 is 5.32 Å². The summed E-state index contributed by atoms with van der Waals surface area (Å²) < 4.78 is 1.77. The van der Waals surface area contributed by atoms with Crippen molar-refractivity contribution >= 4 is 5.65 Å². The molecule has 2 aromatic heterocycles. The minimum Gasteiger partial charge on any atom is -0.313 e. The largest absolute Gasteiger partial charge is 0.313 e. The Bertz CT molecular complexity index is 346. The number of aromatic nitrogens is 3. The lowest BCUT2D eigenvalue weighted by Crippen LogP contribution is -2.06. The molecule has 0 aliphatic rings. The molecule has 4 heteroatoms. The van der Waals surface area contributed by atoms with Gasteiger partial charge in [-0.2, -0.15) is 0 Å². The molecule has 0 amide bonds. The average Bonchev–Trinajstić information content (AvgIpc) is 2.47. The second kappa shape index (κ2) is 2.91. The summed E-state index contributed by atoms with van der Waals surface area (Å²) in [4.78, 5) is 4.29. The van der Waals surface area contributed by atoms with Crippen LogP contribution in [-0.2, 0) is 6.54 Å². The van der Waals surface area contributed by atoms with Crippen molar-refractivity contribution in [3.8, 4) is 0 Å². The molecule has 0 saturated carbocycles. The summed E-state index contributed by atoms with van der Waals surface area (Å²) in [7, 11) is 1.88. The van der Waals surface area contributed by atoms with Crippen molar-refractivity contribution in [2.45, 2.75) is 6.54 Å². The zero-order valence-corrected chi connectivity index (χ0v) is 6.86. The van der Waals surface area contributed by atoms with Crippen molar-refractivity contribution < 1.29 is 0 Å². The van der Waals surface area contributed by atoms with Gasteiger partial charge in [-0.3, -0.25) is 0 Å². The van der Waals surface area contributed by atoms with E-state index in [2.05, 4.69) is 15.4 Å². The Kier molecular flexibility index (Phi) is 1.75. The number of hydrogen-bond acceptors (Lipinski definition) is 3. The standard InChI is InChI=1S/C8H10N4/c1-9-6-7-10-8-4-2-3-5-12(8)11-7/h2-5,9H,6H2,1H3. The van der Waals surface area contributed by atoms with Crippen molar-refractivity contribution in [2.24, 2.45) is 0 Å². The molecular weight excluding hydrogens is 152 g/mol. The second-order valence-electron chi connectivity index (χ2n) is 2.56. The van der Waals surface area contributed by atoms with Crippen LogP contribution in [0.4, 0.5) is 0 Å². The van der Waals surface area contributed by atoms with Crippen LogP contribution in [0.5, 0.6) is 0 Å². The number of fused-ring (bicyclic) bond motifs is 1. The van der Waals surface area contributed by atoms with E-state index in [0.717, 1.165) is 11.5 Å². The third-order valence-electron chi connectivity index (χ3n) is 1.62. The average molecular weight is 162 g/mol. The minimum atomic E-state index is 0.710. The van der Waals surface area contributed by atoms with Crippen LogP contribution in [0.1, 0.15) is 5.82 Å². The summed E-state index contributed by atoms with van der Waals surface area (Å²) in [5.41, 5.74) is 0.891. The van der Waals surface area contributed by atoms with E-state index in [-0.39, 0.29) is 0 Å². The molecule has 0 bridgehead atoms. The summed E-state index contributed by atoms with van der Waals surface area (Å²) in [5.74, 6) is 0.823. The van der Waals surface area contributed by atoms with E-state index in [4.69, 9.17) is 0 Å². The highest BCUT2D eigenvalue weighted by atomic mass is 15.3. The molecule has 2 aromatic rings. The molecule has 0 saturated heterocycles. The Morgan fingerprint density at radius 2 is 2.42 bits per heavy atom. The van der Waals surface area contributed by atoms with E-state index in [1.807, 2.05) is 31.4 Å². The summed E-state index contributed by atoms with van der Waals surface area (Å²) in [6.07, 6.45) is 1.89. The van der Waals surface area contributed by atoms with Crippen LogP contribution >= 0.6 is 0 Å². The molecule has 0 atom stereocenters. The van der Waals surface area contributed by atoms with Gasteiger partial charge in [-0.15, -0.1) is 5.10 Å². The molecule has 2 heterocycles. The highest BCUT2D eigenvalue weighted by molar-refractivity contribution is 5.36. The van der Waals surface area contributed by atoms with Gasteiger partial charge in [-0.05, 0) is 19.2 Å². The topological polar surface area (TPSA) is 42.2 Å². The molecule has 2 rings (SSSR count). The number of nitrogens with zero attached hydrogens (tertiary/aromatic N) is 3. The molecule has 0 fully saturated rings. The lowest BCUT2D eigenvalue weighted by Gasteiger charge is -1.87. The normalized spacial score (nSPS) is 10.8. The number of pyridine rings is 1. The van der Waals surface area contributed by atoms with Crippen molar-refractivity contribution in [3.05, 3.63) is 30.2 Å². The monoisotopic (exact) mass is 162 g/mol. The van der Waals surface area contributed by atoms with Gasteiger partial charge in [0.15, 0.2) is 11.5 Å². The van der Waals surface area contributed by atoms with E-state index in [9.17, 15) is 0 Å². The molecule has 0 unspecified atom stereocenters. The summed E-state index contributed by atoms with van der Waals surface area (Å²) in [6.45, 7) is 0.710. The maximum absolute atomic E-state index is 4.29. The SMILES string of the molecule is CNCc1nc2ccccn2n1. The Morgan fingerprint density at radius 1 is 1.50 bits per heavy atom. The molecule has 62 valence electrons. The van der Waals surface area contributed by atoms with E-state index in [1.165, 1.54) is 0 Å². The molecule has 12 heavy (non-hydrogen) atoms. The summed E-state index contributed by atoms with van der Waals surface area (Å²) in [6, 6.07) is 5.82. The molecule has 0 aliphatic carbocycles. The van der Waals surface area contributed by atoms with E-state index >= 15 is 0 Å². The first kappa shape index (κ1) is 7.24. The lowest BCUT2D eigenvalue weighted by molar-refractivity contribution is 0.752. The number of hydrogen-bond donors (Lipinski definition) is 1. The molecule has 4 nitrogen and oxygen atoms in total. The highest BCUT2D eigenvalue weighted by Gasteiger charge is 1.99. The van der Waals surface area contributed by atoms with Gasteiger partial charge in [0.2, 0.25) is 0 Å². The van der Waals surface area contributed by atoms with Crippen molar-refractivity contribution in [1.29, 1.82) is 0 Å². The zero-order chi connectivity index (χ0) is 8.39. The predicted octanol–water partition coefficient (Wildman–Crippen LogP) is 0.449. The molecule has 0 aliphatic heterocycles. The van der Waals surface area contributed by atoms with Gasteiger partial charge in [0.05, 0.1) is 6.54 Å². The van der Waals surface area contributed by atoms with Crippen LogP contribution in [0.2, 0.25) is 0 Å².